The monoisotopic (exact) mass is 354 g/mol. The minimum absolute atomic E-state index is 0.161. The van der Waals surface area contributed by atoms with Gasteiger partial charge in [-0.05, 0) is 42.8 Å². The first-order valence-corrected chi connectivity index (χ1v) is 8.39. The third kappa shape index (κ3) is 3.79. The molecule has 1 aliphatic rings. The number of carbonyl (C=O) groups excluding carboxylic acids is 3. The van der Waals surface area contributed by atoms with Crippen LogP contribution in [0.1, 0.15) is 24.0 Å². The molecule has 0 unspecified atom stereocenters. The number of carbonyl (C=O) groups is 2. The molecule has 1 saturated heterocycles. The van der Waals surface area contributed by atoms with Crippen LogP contribution in [0, 0.1) is 6.92 Å². The van der Waals surface area contributed by atoms with Crippen molar-refractivity contribution in [2.75, 3.05) is 0 Å². The number of rotatable bonds is 5. The van der Waals surface area contributed by atoms with Crippen molar-refractivity contribution in [3.63, 3.8) is 0 Å². The van der Waals surface area contributed by atoms with Crippen molar-refractivity contribution in [1.82, 2.24) is 10.0 Å². The molecule has 3 rings (SSSR count). The van der Waals surface area contributed by atoms with Crippen molar-refractivity contribution >= 4 is 34.4 Å². The highest BCUT2D eigenvalue weighted by atomic mass is 32.2. The zero-order chi connectivity index (χ0) is 17.8. The van der Waals surface area contributed by atoms with Crippen molar-refractivity contribution in [3.05, 3.63) is 53.7 Å². The molecule has 6 nitrogen and oxygen atoms in total. The highest BCUT2D eigenvalue weighted by Gasteiger charge is 2.31. The summed E-state index contributed by atoms with van der Waals surface area (Å²) < 4.78 is 0. The van der Waals surface area contributed by atoms with Gasteiger partial charge < -0.3 is 4.84 Å². The van der Waals surface area contributed by atoms with Gasteiger partial charge in [-0.1, -0.05) is 17.8 Å². The number of hydrogen-bond acceptors (Lipinski definition) is 6. The Hall–Kier alpha value is -2.89. The van der Waals surface area contributed by atoms with Gasteiger partial charge in [-0.3, -0.25) is 9.59 Å². The van der Waals surface area contributed by atoms with E-state index >= 15 is 0 Å². The first-order valence-electron chi connectivity index (χ1n) is 7.57. The second-order valence-corrected chi connectivity index (χ2v) is 6.38. The second-order valence-electron chi connectivity index (χ2n) is 5.35. The van der Waals surface area contributed by atoms with Crippen LogP contribution in [0.25, 0.3) is 4.91 Å². The number of aromatic nitrogens is 1. The van der Waals surface area contributed by atoms with Crippen molar-refractivity contribution in [1.29, 1.82) is 0 Å². The number of pyridine rings is 1. The summed E-state index contributed by atoms with van der Waals surface area (Å²) in [6.07, 6.45) is 1.97. The van der Waals surface area contributed by atoms with E-state index in [2.05, 4.69) is 4.98 Å². The molecule has 2 amide bonds. The Balaban J connectivity index is 1.80. The summed E-state index contributed by atoms with van der Waals surface area (Å²) in [5.41, 5.74) is 1.45. The zero-order valence-corrected chi connectivity index (χ0v) is 14.2. The van der Waals surface area contributed by atoms with E-state index in [1.807, 2.05) is 18.9 Å². The van der Waals surface area contributed by atoms with Gasteiger partial charge >= 0.3 is 0 Å². The Morgan fingerprint density at radius 2 is 1.96 bits per heavy atom. The molecule has 1 aliphatic heterocycles. The lowest BCUT2D eigenvalue weighted by Gasteiger charge is -2.15. The van der Waals surface area contributed by atoms with Gasteiger partial charge in [0.05, 0.1) is 0 Å². The first kappa shape index (κ1) is 17.0. The lowest BCUT2D eigenvalue weighted by molar-refractivity contribution is -0.164. The van der Waals surface area contributed by atoms with E-state index in [1.54, 1.807) is 36.5 Å². The number of hydrogen-bond donors (Lipinski definition) is 0. The molecule has 126 valence electrons. The number of imide groups is 1. The summed E-state index contributed by atoms with van der Waals surface area (Å²) in [5.74, 6) is 1.59. The zero-order valence-electron chi connectivity index (χ0n) is 13.4. The Kier molecular flexibility index (Phi) is 4.97. The Labute approximate surface area is 148 Å². The van der Waals surface area contributed by atoms with E-state index < -0.39 is 0 Å². The van der Waals surface area contributed by atoms with Crippen LogP contribution in [-0.2, 0) is 14.4 Å². The largest absolute Gasteiger partial charge is 0.369 e. The average molecular weight is 354 g/mol. The van der Waals surface area contributed by atoms with Crippen molar-refractivity contribution in [3.8, 4) is 5.75 Å². The molecule has 7 heteroatoms. The number of thioether (sulfide) groups is 1. The topological polar surface area (TPSA) is 76.6 Å². The molecule has 25 heavy (non-hydrogen) atoms. The molecular formula is C18H14N2O4S. The van der Waals surface area contributed by atoms with Crippen molar-refractivity contribution in [2.24, 2.45) is 0 Å². The van der Waals surface area contributed by atoms with Crippen LogP contribution in [-0.4, -0.2) is 27.8 Å². The van der Waals surface area contributed by atoms with E-state index in [-0.39, 0.29) is 24.7 Å². The van der Waals surface area contributed by atoms with E-state index in [9.17, 15) is 14.4 Å². The van der Waals surface area contributed by atoms with Gasteiger partial charge in [-0.2, -0.15) is 0 Å². The molecule has 0 radical (unpaired) electrons. The summed E-state index contributed by atoms with van der Waals surface area (Å²) in [5, 5.41) is 1.47. The molecule has 2 aromatic rings. The highest BCUT2D eigenvalue weighted by Crippen LogP contribution is 2.34. The Morgan fingerprint density at radius 1 is 1.20 bits per heavy atom. The van der Waals surface area contributed by atoms with Gasteiger partial charge in [0.1, 0.15) is 15.9 Å². The molecule has 0 aliphatic carbocycles. The molecule has 0 spiro atoms. The van der Waals surface area contributed by atoms with E-state index in [1.165, 1.54) is 11.8 Å². The van der Waals surface area contributed by atoms with Gasteiger partial charge in [-0.15, -0.1) is 5.06 Å². The van der Waals surface area contributed by atoms with Crippen molar-refractivity contribution in [2.45, 2.75) is 24.8 Å². The quantitative estimate of drug-likeness (QED) is 0.467. The molecule has 0 saturated carbocycles. The third-order valence-electron chi connectivity index (χ3n) is 3.58. The maximum atomic E-state index is 11.6. The number of aryl methyl sites for hydroxylation is 1. The lowest BCUT2D eigenvalue weighted by atomic mass is 10.1. The van der Waals surface area contributed by atoms with E-state index in [0.717, 1.165) is 10.6 Å². The fourth-order valence-corrected chi connectivity index (χ4v) is 3.20. The second kappa shape index (κ2) is 7.34. The van der Waals surface area contributed by atoms with E-state index in [4.69, 9.17) is 4.84 Å². The number of nitrogens with zero attached hydrogens (tertiary/aromatic N) is 2. The van der Waals surface area contributed by atoms with Crippen molar-refractivity contribution < 1.29 is 19.2 Å². The Bertz CT molecular complexity index is 860. The summed E-state index contributed by atoms with van der Waals surface area (Å²) in [6.45, 7) is 1.81. The fraction of sp³-hybridized carbons (Fsp3) is 0.167. The maximum Gasteiger partial charge on any atom is 0.263 e. The number of benzene rings is 1. The first-order chi connectivity index (χ1) is 12.1. The van der Waals surface area contributed by atoms with Gasteiger partial charge in [0.2, 0.25) is 0 Å². The van der Waals surface area contributed by atoms with Crippen LogP contribution in [0.3, 0.4) is 0 Å². The summed E-state index contributed by atoms with van der Waals surface area (Å²) in [6, 6.07) is 10.4. The molecule has 0 bridgehead atoms. The van der Waals surface area contributed by atoms with Crippen LogP contribution in [0.15, 0.2) is 47.6 Å². The normalized spacial score (nSPS) is 13.7. The fourth-order valence-electron chi connectivity index (χ4n) is 2.35. The smallest absolute Gasteiger partial charge is 0.263 e. The molecule has 1 aromatic heterocycles. The van der Waals surface area contributed by atoms with Gasteiger partial charge in [0, 0.05) is 24.6 Å². The SMILES string of the molecule is Cc1cc(ON2C(=O)CCC2=O)ccc1C(=C=O)Sc1ccccn1. The molecule has 1 fully saturated rings. The summed E-state index contributed by atoms with van der Waals surface area (Å²) in [4.78, 5) is 44.6. The van der Waals surface area contributed by atoms with Crippen LogP contribution in [0.2, 0.25) is 0 Å². The maximum absolute atomic E-state index is 11.6. The summed E-state index contributed by atoms with van der Waals surface area (Å²) in [7, 11) is 0. The van der Waals surface area contributed by atoms with Gasteiger partial charge in [0.15, 0.2) is 5.75 Å². The van der Waals surface area contributed by atoms with Gasteiger partial charge in [0.25, 0.3) is 11.8 Å². The van der Waals surface area contributed by atoms with Gasteiger partial charge in [-0.25, -0.2) is 9.78 Å². The average Bonchev–Trinajstić information content (AvgIpc) is 2.93. The van der Waals surface area contributed by atoms with Crippen LogP contribution >= 0.6 is 11.8 Å². The number of amides is 2. The van der Waals surface area contributed by atoms with Crippen LogP contribution in [0.4, 0.5) is 0 Å². The predicted octanol–water partition coefficient (Wildman–Crippen LogP) is 2.80. The minimum atomic E-state index is -0.356. The predicted molar refractivity (Wildman–Crippen MR) is 92.1 cm³/mol. The Morgan fingerprint density at radius 3 is 2.56 bits per heavy atom. The summed E-state index contributed by atoms with van der Waals surface area (Å²) >= 11 is 1.22. The van der Waals surface area contributed by atoms with Crippen LogP contribution in [0.5, 0.6) is 5.75 Å². The highest BCUT2D eigenvalue weighted by molar-refractivity contribution is 8.08. The third-order valence-corrected chi connectivity index (χ3v) is 4.54. The minimum Gasteiger partial charge on any atom is -0.369 e. The molecule has 0 atom stereocenters. The molecule has 1 aromatic carbocycles. The molecule has 2 heterocycles. The van der Waals surface area contributed by atoms with Crippen LogP contribution < -0.4 is 4.84 Å². The molecule has 0 N–H and O–H groups in total. The lowest BCUT2D eigenvalue weighted by Crippen LogP contribution is -2.32. The standard InChI is InChI=1S/C18H14N2O4S/c1-12-10-13(24-20-17(22)7-8-18(20)23)5-6-14(12)15(11-21)25-16-4-2-3-9-19-16/h2-6,9-10H,7-8H2,1H3. The molecular weight excluding hydrogens is 340 g/mol. The van der Waals surface area contributed by atoms with E-state index in [0.29, 0.717) is 21.2 Å². The number of hydroxylamine groups is 2.